The van der Waals surface area contributed by atoms with Crippen LogP contribution in [-0.4, -0.2) is 16.1 Å². The first-order valence-corrected chi connectivity index (χ1v) is 9.37. The Hall–Kier alpha value is -2.30. The van der Waals surface area contributed by atoms with E-state index >= 15 is 0 Å². The summed E-state index contributed by atoms with van der Waals surface area (Å²) in [6.07, 6.45) is 2.66. The van der Waals surface area contributed by atoms with E-state index in [0.717, 1.165) is 23.1 Å². The van der Waals surface area contributed by atoms with Crippen LogP contribution in [0.15, 0.2) is 42.6 Å². The molecule has 2 aromatic carbocycles. The van der Waals surface area contributed by atoms with Crippen molar-refractivity contribution in [3.63, 3.8) is 0 Å². The number of hydrogen-bond acceptors (Lipinski definition) is 3. The van der Waals surface area contributed by atoms with Gasteiger partial charge in [0.25, 0.3) is 0 Å². The largest absolute Gasteiger partial charge is 0.487 e. The van der Waals surface area contributed by atoms with Crippen LogP contribution in [0.5, 0.6) is 5.75 Å². The average molecular weight is 403 g/mol. The molecule has 0 atom stereocenters. The average Bonchev–Trinajstić information content (AvgIpc) is 3.04. The Kier molecular flexibility index (Phi) is 5.88. The maximum Gasteiger partial charge on any atom is 0.150 e. The molecule has 3 aromatic rings. The van der Waals surface area contributed by atoms with Gasteiger partial charge in [-0.3, -0.25) is 4.79 Å². The molecule has 0 aliphatic heterocycles. The summed E-state index contributed by atoms with van der Waals surface area (Å²) in [5, 5.41) is 5.55. The van der Waals surface area contributed by atoms with Gasteiger partial charge >= 0.3 is 0 Å². The molecule has 1 heterocycles. The van der Waals surface area contributed by atoms with Crippen molar-refractivity contribution in [3.8, 4) is 11.4 Å². The van der Waals surface area contributed by atoms with Gasteiger partial charge in [-0.2, -0.15) is 5.10 Å². The fourth-order valence-electron chi connectivity index (χ4n) is 2.92. The molecule has 27 heavy (non-hydrogen) atoms. The Morgan fingerprint density at radius 1 is 1.19 bits per heavy atom. The van der Waals surface area contributed by atoms with Crippen molar-refractivity contribution in [2.45, 2.75) is 33.3 Å². The van der Waals surface area contributed by atoms with Crippen LogP contribution in [0.3, 0.4) is 0 Å². The number of ether oxygens (including phenoxy) is 1. The van der Waals surface area contributed by atoms with E-state index in [1.165, 1.54) is 0 Å². The predicted molar refractivity (Wildman–Crippen MR) is 109 cm³/mol. The molecule has 6 heteroatoms. The lowest BCUT2D eigenvalue weighted by atomic mass is 10.0. The maximum absolute atomic E-state index is 11.0. The Balaban J connectivity index is 1.98. The smallest absolute Gasteiger partial charge is 0.150 e. The second-order valence-electron chi connectivity index (χ2n) is 6.61. The molecule has 0 N–H and O–H groups in total. The first-order valence-electron chi connectivity index (χ1n) is 8.62. The van der Waals surface area contributed by atoms with Crippen LogP contribution in [-0.2, 0) is 6.61 Å². The van der Waals surface area contributed by atoms with Crippen molar-refractivity contribution in [2.24, 2.45) is 0 Å². The number of benzene rings is 2. The van der Waals surface area contributed by atoms with Gasteiger partial charge in [-0.1, -0.05) is 43.1 Å². The zero-order chi connectivity index (χ0) is 19.6. The van der Waals surface area contributed by atoms with Gasteiger partial charge in [0.15, 0.2) is 0 Å². The van der Waals surface area contributed by atoms with Crippen molar-refractivity contribution >= 4 is 29.5 Å². The lowest BCUT2D eigenvalue weighted by Gasteiger charge is -2.15. The molecule has 0 aliphatic carbocycles. The summed E-state index contributed by atoms with van der Waals surface area (Å²) in [5.41, 5.74) is 4.11. The summed E-state index contributed by atoms with van der Waals surface area (Å²) in [6, 6.07) is 10.8. The number of hydrogen-bond donors (Lipinski definition) is 0. The van der Waals surface area contributed by atoms with Crippen molar-refractivity contribution in [1.82, 2.24) is 9.78 Å². The van der Waals surface area contributed by atoms with Gasteiger partial charge in [0.2, 0.25) is 0 Å². The molecule has 0 fully saturated rings. The molecule has 0 unspecified atom stereocenters. The number of carbonyl (C=O) groups excluding carboxylic acids is 1. The monoisotopic (exact) mass is 402 g/mol. The first kappa shape index (κ1) is 19.5. The summed E-state index contributed by atoms with van der Waals surface area (Å²) in [4.78, 5) is 11.0. The number of para-hydroxylation sites is 1. The predicted octanol–water partition coefficient (Wildman–Crippen LogP) is 6.00. The number of rotatable bonds is 6. The minimum Gasteiger partial charge on any atom is -0.487 e. The van der Waals surface area contributed by atoms with Crippen LogP contribution >= 0.6 is 23.2 Å². The highest BCUT2D eigenvalue weighted by atomic mass is 35.5. The molecule has 1 aromatic heterocycles. The number of carbonyl (C=O) groups is 1. The minimum absolute atomic E-state index is 0.262. The molecule has 4 nitrogen and oxygen atoms in total. The van der Waals surface area contributed by atoms with Crippen LogP contribution in [0.1, 0.15) is 46.9 Å². The number of halogens is 2. The molecule has 0 bridgehead atoms. The zero-order valence-corrected chi connectivity index (χ0v) is 16.9. The van der Waals surface area contributed by atoms with Gasteiger partial charge in [0.1, 0.15) is 24.3 Å². The highest BCUT2D eigenvalue weighted by Gasteiger charge is 2.19. The summed E-state index contributed by atoms with van der Waals surface area (Å²) >= 11 is 12.8. The normalized spacial score (nSPS) is 11.0. The second kappa shape index (κ2) is 8.15. The molecule has 3 rings (SSSR count). The quantitative estimate of drug-likeness (QED) is 0.474. The third-order valence-electron chi connectivity index (χ3n) is 4.42. The minimum atomic E-state index is 0.262. The molecular formula is C21H20Cl2N2O2. The van der Waals surface area contributed by atoms with E-state index in [2.05, 4.69) is 18.9 Å². The number of aldehydes is 1. The number of nitrogens with zero attached hydrogens (tertiary/aromatic N) is 2. The van der Waals surface area contributed by atoms with E-state index in [9.17, 15) is 4.79 Å². The molecule has 0 saturated heterocycles. The van der Waals surface area contributed by atoms with Gasteiger partial charge in [-0.15, -0.1) is 0 Å². The summed E-state index contributed by atoms with van der Waals surface area (Å²) in [6.45, 7) is 6.38. The standard InChI is InChI=1S/C21H20Cl2N2O2/c1-13(2)17-10-24-25(21-18(22)5-4-6-19(21)23)20(17)12-27-16-8-7-15(11-26)14(3)9-16/h4-11,13H,12H2,1-3H3. The van der Waals surface area contributed by atoms with Gasteiger partial charge in [0.05, 0.1) is 21.9 Å². The van der Waals surface area contributed by atoms with Crippen molar-refractivity contribution in [1.29, 1.82) is 0 Å². The van der Waals surface area contributed by atoms with Gasteiger partial charge in [-0.05, 0) is 54.3 Å². The van der Waals surface area contributed by atoms with Crippen LogP contribution in [0.2, 0.25) is 10.0 Å². The molecule has 0 radical (unpaired) electrons. The molecule has 0 spiro atoms. The van der Waals surface area contributed by atoms with Crippen LogP contribution in [0, 0.1) is 6.92 Å². The highest BCUT2D eigenvalue weighted by molar-refractivity contribution is 6.37. The number of aromatic nitrogens is 2. The highest BCUT2D eigenvalue weighted by Crippen LogP contribution is 2.32. The van der Waals surface area contributed by atoms with E-state index in [0.29, 0.717) is 33.7 Å². The van der Waals surface area contributed by atoms with Crippen LogP contribution < -0.4 is 4.74 Å². The van der Waals surface area contributed by atoms with Gasteiger partial charge in [-0.25, -0.2) is 4.68 Å². The molecular weight excluding hydrogens is 383 g/mol. The molecule has 0 amide bonds. The Labute approximate surface area is 168 Å². The Morgan fingerprint density at radius 2 is 1.89 bits per heavy atom. The summed E-state index contributed by atoms with van der Waals surface area (Å²) in [5.74, 6) is 0.948. The lowest BCUT2D eigenvalue weighted by Crippen LogP contribution is -2.09. The summed E-state index contributed by atoms with van der Waals surface area (Å²) in [7, 11) is 0. The third kappa shape index (κ3) is 4.02. The van der Waals surface area contributed by atoms with E-state index < -0.39 is 0 Å². The second-order valence-corrected chi connectivity index (χ2v) is 7.42. The molecule has 0 aliphatic rings. The third-order valence-corrected chi connectivity index (χ3v) is 5.03. The Bertz CT molecular complexity index is 960. The lowest BCUT2D eigenvalue weighted by molar-refractivity contribution is 0.112. The van der Waals surface area contributed by atoms with Gasteiger partial charge in [0, 0.05) is 5.56 Å². The van der Waals surface area contributed by atoms with Crippen molar-refractivity contribution < 1.29 is 9.53 Å². The maximum atomic E-state index is 11.0. The summed E-state index contributed by atoms with van der Waals surface area (Å²) < 4.78 is 7.74. The fraction of sp³-hybridized carbons (Fsp3) is 0.238. The van der Waals surface area contributed by atoms with Crippen LogP contribution in [0.4, 0.5) is 0 Å². The Morgan fingerprint density at radius 3 is 2.48 bits per heavy atom. The fourth-order valence-corrected chi connectivity index (χ4v) is 3.48. The van der Waals surface area contributed by atoms with E-state index in [1.807, 2.05) is 19.2 Å². The van der Waals surface area contributed by atoms with Crippen LogP contribution in [0.25, 0.3) is 5.69 Å². The van der Waals surface area contributed by atoms with E-state index in [1.54, 1.807) is 35.0 Å². The van der Waals surface area contributed by atoms with Gasteiger partial charge < -0.3 is 4.74 Å². The number of aryl methyl sites for hydroxylation is 1. The van der Waals surface area contributed by atoms with Crippen molar-refractivity contribution in [3.05, 3.63) is 75.0 Å². The van der Waals surface area contributed by atoms with E-state index in [-0.39, 0.29) is 5.92 Å². The van der Waals surface area contributed by atoms with E-state index in [4.69, 9.17) is 27.9 Å². The SMILES string of the molecule is Cc1cc(OCc2c(C(C)C)cnn2-c2c(Cl)cccc2Cl)ccc1C=O. The topological polar surface area (TPSA) is 44.1 Å². The molecule has 140 valence electrons. The van der Waals surface area contributed by atoms with Crippen molar-refractivity contribution in [2.75, 3.05) is 0 Å². The molecule has 0 saturated carbocycles. The first-order chi connectivity index (χ1) is 12.9. The zero-order valence-electron chi connectivity index (χ0n) is 15.4.